The first-order chi connectivity index (χ1) is 11.1. The van der Waals surface area contributed by atoms with Crippen molar-refractivity contribution < 1.29 is 4.79 Å². The molecule has 116 valence electrons. The smallest absolute Gasteiger partial charge is 0.336 e. The number of nitrogens with one attached hydrogen (secondary N) is 1. The Balaban J connectivity index is 1.86. The van der Waals surface area contributed by atoms with Crippen LogP contribution in [0.5, 0.6) is 0 Å². The van der Waals surface area contributed by atoms with E-state index in [4.69, 9.17) is 0 Å². The van der Waals surface area contributed by atoms with Gasteiger partial charge in [-0.1, -0.05) is 36.4 Å². The van der Waals surface area contributed by atoms with Crippen LogP contribution >= 0.6 is 11.3 Å². The second-order valence-electron chi connectivity index (χ2n) is 5.11. The normalized spacial score (nSPS) is 10.5. The number of H-pyrrole nitrogens is 1. The van der Waals surface area contributed by atoms with Gasteiger partial charge in [0.2, 0.25) is 0 Å². The first-order valence-electron chi connectivity index (χ1n) is 7.08. The predicted molar refractivity (Wildman–Crippen MR) is 90.4 cm³/mol. The zero-order valence-corrected chi connectivity index (χ0v) is 13.3. The molecule has 0 saturated heterocycles. The number of amides is 1. The molecule has 1 aromatic carbocycles. The maximum Gasteiger partial charge on any atom is 0.346 e. The summed E-state index contributed by atoms with van der Waals surface area (Å²) in [4.78, 5) is 33.2. The van der Waals surface area contributed by atoms with Crippen LogP contribution in [-0.4, -0.2) is 27.8 Å². The van der Waals surface area contributed by atoms with Crippen molar-refractivity contribution in [1.82, 2.24) is 14.9 Å². The molecule has 0 spiro atoms. The molecule has 0 radical (unpaired) electrons. The summed E-state index contributed by atoms with van der Waals surface area (Å²) in [6.07, 6.45) is 0. The molecule has 0 saturated carbocycles. The van der Waals surface area contributed by atoms with Gasteiger partial charge in [0.1, 0.15) is 5.69 Å². The molecule has 6 heteroatoms. The molecule has 1 N–H and O–H groups in total. The van der Waals surface area contributed by atoms with Crippen LogP contribution in [0, 0.1) is 0 Å². The van der Waals surface area contributed by atoms with E-state index in [0.717, 1.165) is 10.4 Å². The number of hydrogen-bond donors (Lipinski definition) is 1. The molecule has 0 unspecified atom stereocenters. The number of carbonyl (C=O) groups excluding carboxylic acids is 1. The first kappa shape index (κ1) is 15.2. The fourth-order valence-electron chi connectivity index (χ4n) is 2.26. The van der Waals surface area contributed by atoms with Crippen molar-refractivity contribution >= 4 is 17.2 Å². The molecule has 3 rings (SSSR count). The Morgan fingerprint density at radius 3 is 2.70 bits per heavy atom. The summed E-state index contributed by atoms with van der Waals surface area (Å²) in [6.45, 7) is 0.461. The second kappa shape index (κ2) is 6.58. The summed E-state index contributed by atoms with van der Waals surface area (Å²) in [5.74, 6) is -0.280. The largest absolute Gasteiger partial charge is 0.346 e. The van der Waals surface area contributed by atoms with Crippen molar-refractivity contribution in [2.75, 3.05) is 7.05 Å². The highest BCUT2D eigenvalue weighted by atomic mass is 32.1. The number of aromatic nitrogens is 2. The summed E-state index contributed by atoms with van der Waals surface area (Å²) in [6, 6.07) is 15.1. The van der Waals surface area contributed by atoms with Crippen LogP contribution in [0.15, 0.2) is 58.7 Å². The molecule has 0 aliphatic heterocycles. The van der Waals surface area contributed by atoms with Crippen molar-refractivity contribution in [2.24, 2.45) is 0 Å². The summed E-state index contributed by atoms with van der Waals surface area (Å²) in [7, 11) is 1.70. The van der Waals surface area contributed by atoms with Crippen LogP contribution in [0.4, 0.5) is 0 Å². The van der Waals surface area contributed by atoms with Gasteiger partial charge in [-0.05, 0) is 23.1 Å². The van der Waals surface area contributed by atoms with Gasteiger partial charge >= 0.3 is 5.69 Å². The average molecular weight is 325 g/mol. The predicted octanol–water partition coefficient (Wildman–Crippen LogP) is 2.77. The molecule has 2 heterocycles. The van der Waals surface area contributed by atoms with Gasteiger partial charge in [0, 0.05) is 13.6 Å². The highest BCUT2D eigenvalue weighted by Crippen LogP contribution is 2.22. The molecule has 0 bridgehead atoms. The zero-order valence-electron chi connectivity index (χ0n) is 12.5. The fourth-order valence-corrected chi connectivity index (χ4v) is 2.95. The summed E-state index contributed by atoms with van der Waals surface area (Å²) in [5.41, 5.74) is 1.26. The van der Waals surface area contributed by atoms with E-state index in [9.17, 15) is 9.59 Å². The molecule has 3 aromatic rings. The molecular weight excluding hydrogens is 310 g/mol. The highest BCUT2D eigenvalue weighted by molar-refractivity contribution is 7.13. The molecule has 0 atom stereocenters. The van der Waals surface area contributed by atoms with E-state index in [0.29, 0.717) is 12.2 Å². The van der Waals surface area contributed by atoms with E-state index in [1.165, 1.54) is 11.3 Å². The maximum atomic E-state index is 12.5. The standard InChI is InChI=1S/C17H15N3O2S/c1-20(11-12-6-3-2-4-7-12)16(21)14-10-13(18-17(22)19-14)15-8-5-9-23-15/h2-10H,11H2,1H3,(H,18,19,22). The minimum atomic E-state index is -0.521. The molecule has 23 heavy (non-hydrogen) atoms. The maximum absolute atomic E-state index is 12.5. The van der Waals surface area contributed by atoms with Crippen LogP contribution in [0.1, 0.15) is 16.1 Å². The Morgan fingerprint density at radius 2 is 2.00 bits per heavy atom. The lowest BCUT2D eigenvalue weighted by atomic mass is 10.2. The van der Waals surface area contributed by atoms with Crippen LogP contribution in [0.3, 0.4) is 0 Å². The van der Waals surface area contributed by atoms with E-state index >= 15 is 0 Å². The molecule has 2 aromatic heterocycles. The van der Waals surface area contributed by atoms with Gasteiger partial charge in [0.05, 0.1) is 10.6 Å². The number of benzene rings is 1. The van der Waals surface area contributed by atoms with E-state index in [-0.39, 0.29) is 11.6 Å². The number of hydrogen-bond acceptors (Lipinski definition) is 4. The van der Waals surface area contributed by atoms with Gasteiger partial charge in [-0.25, -0.2) is 4.79 Å². The number of rotatable bonds is 4. The molecule has 0 fully saturated rings. The molecule has 5 nitrogen and oxygen atoms in total. The van der Waals surface area contributed by atoms with Gasteiger partial charge in [0.15, 0.2) is 0 Å². The summed E-state index contributed by atoms with van der Waals surface area (Å²) >= 11 is 1.49. The van der Waals surface area contributed by atoms with Crippen LogP contribution < -0.4 is 5.69 Å². The van der Waals surface area contributed by atoms with Crippen LogP contribution in [0.25, 0.3) is 10.6 Å². The third-order valence-electron chi connectivity index (χ3n) is 3.36. The Morgan fingerprint density at radius 1 is 1.22 bits per heavy atom. The lowest BCUT2D eigenvalue weighted by molar-refractivity contribution is 0.0779. The number of carbonyl (C=O) groups is 1. The van der Waals surface area contributed by atoms with Gasteiger partial charge in [-0.15, -0.1) is 11.3 Å². The fraction of sp³-hybridized carbons (Fsp3) is 0.118. The molecule has 0 aliphatic carbocycles. The van der Waals surface area contributed by atoms with Crippen LogP contribution in [-0.2, 0) is 6.54 Å². The van der Waals surface area contributed by atoms with Crippen molar-refractivity contribution in [3.63, 3.8) is 0 Å². The molecular formula is C17H15N3O2S. The van der Waals surface area contributed by atoms with E-state index in [2.05, 4.69) is 9.97 Å². The zero-order chi connectivity index (χ0) is 16.2. The number of aromatic amines is 1. The third-order valence-corrected chi connectivity index (χ3v) is 4.26. The minimum absolute atomic E-state index is 0.149. The number of thiophene rings is 1. The van der Waals surface area contributed by atoms with Gasteiger partial charge in [-0.2, -0.15) is 4.98 Å². The third kappa shape index (κ3) is 3.54. The Labute approximate surface area is 137 Å². The molecule has 0 aliphatic rings. The Hall–Kier alpha value is -2.73. The first-order valence-corrected chi connectivity index (χ1v) is 7.96. The van der Waals surface area contributed by atoms with Crippen molar-refractivity contribution in [2.45, 2.75) is 6.54 Å². The lowest BCUT2D eigenvalue weighted by Crippen LogP contribution is -2.29. The topological polar surface area (TPSA) is 66.1 Å². The SMILES string of the molecule is CN(Cc1ccccc1)C(=O)c1cc(-c2cccs2)[nH]c(=O)n1. The Bertz CT molecular complexity index is 857. The van der Waals surface area contributed by atoms with Gasteiger partial charge in [0.25, 0.3) is 5.91 Å². The summed E-state index contributed by atoms with van der Waals surface area (Å²) < 4.78 is 0. The molecule has 1 amide bonds. The van der Waals surface area contributed by atoms with E-state index in [1.54, 1.807) is 18.0 Å². The average Bonchev–Trinajstić information content (AvgIpc) is 3.09. The van der Waals surface area contributed by atoms with Gasteiger partial charge < -0.3 is 9.88 Å². The second-order valence-corrected chi connectivity index (χ2v) is 6.06. The Kier molecular flexibility index (Phi) is 4.34. The van der Waals surface area contributed by atoms with Crippen molar-refractivity contribution in [1.29, 1.82) is 0 Å². The van der Waals surface area contributed by atoms with Crippen molar-refractivity contribution in [3.8, 4) is 10.6 Å². The highest BCUT2D eigenvalue weighted by Gasteiger charge is 2.16. The quantitative estimate of drug-likeness (QED) is 0.802. The van der Waals surface area contributed by atoms with Crippen molar-refractivity contribution in [3.05, 3.63) is 75.7 Å². The van der Waals surface area contributed by atoms with Crippen LogP contribution in [0.2, 0.25) is 0 Å². The van der Waals surface area contributed by atoms with E-state index in [1.807, 2.05) is 47.8 Å². The minimum Gasteiger partial charge on any atom is -0.336 e. The lowest BCUT2D eigenvalue weighted by Gasteiger charge is -2.16. The monoisotopic (exact) mass is 325 g/mol. The van der Waals surface area contributed by atoms with E-state index < -0.39 is 5.69 Å². The van der Waals surface area contributed by atoms with Gasteiger partial charge in [-0.3, -0.25) is 4.79 Å². The number of nitrogens with zero attached hydrogens (tertiary/aromatic N) is 2. The summed E-state index contributed by atoms with van der Waals surface area (Å²) in [5, 5.41) is 1.91.